The summed E-state index contributed by atoms with van der Waals surface area (Å²) in [5.41, 5.74) is 3.52. The number of carbonyl (C=O) groups excluding carboxylic acids is 1. The summed E-state index contributed by atoms with van der Waals surface area (Å²) in [4.78, 5) is 21.8. The van der Waals surface area contributed by atoms with Gasteiger partial charge in [-0.1, -0.05) is 23.7 Å². The van der Waals surface area contributed by atoms with Crippen LogP contribution in [-0.2, 0) is 11.3 Å². The summed E-state index contributed by atoms with van der Waals surface area (Å²) in [6, 6.07) is 16.2. The van der Waals surface area contributed by atoms with Gasteiger partial charge >= 0.3 is 0 Å². The Morgan fingerprint density at radius 2 is 1.72 bits per heavy atom. The average Bonchev–Trinajstić information content (AvgIpc) is 3.12. The smallest absolute Gasteiger partial charge is 0.247 e. The van der Waals surface area contributed by atoms with Crippen molar-refractivity contribution in [2.24, 2.45) is 0 Å². The van der Waals surface area contributed by atoms with Gasteiger partial charge in [0.1, 0.15) is 11.4 Å². The van der Waals surface area contributed by atoms with Gasteiger partial charge in [-0.25, -0.2) is 4.39 Å². The fourth-order valence-electron chi connectivity index (χ4n) is 4.76. The van der Waals surface area contributed by atoms with Crippen LogP contribution in [0.5, 0.6) is 0 Å². The van der Waals surface area contributed by atoms with Gasteiger partial charge in [0.2, 0.25) is 5.91 Å². The van der Waals surface area contributed by atoms with Crippen LogP contribution >= 0.6 is 11.6 Å². The number of piperidine rings is 1. The van der Waals surface area contributed by atoms with Crippen molar-refractivity contribution in [3.8, 4) is 11.1 Å². The number of aromatic nitrogens is 1. The van der Waals surface area contributed by atoms with E-state index >= 15 is 0 Å². The number of hydrogen-bond acceptors (Lipinski definition) is 4. The lowest BCUT2D eigenvalue weighted by atomic mass is 9.85. The summed E-state index contributed by atoms with van der Waals surface area (Å²) < 4.78 is 13.2. The van der Waals surface area contributed by atoms with E-state index in [1.807, 2.05) is 30.5 Å². The number of nitrogens with zero attached hydrogens (tertiary/aromatic N) is 3. The predicted molar refractivity (Wildman–Crippen MR) is 124 cm³/mol. The molecule has 0 aliphatic carbocycles. The maximum Gasteiger partial charge on any atom is 0.247 e. The lowest BCUT2D eigenvalue weighted by molar-refractivity contribution is -0.125. The Labute approximate surface area is 191 Å². The predicted octanol–water partition coefficient (Wildman–Crippen LogP) is 4.47. The van der Waals surface area contributed by atoms with Crippen molar-refractivity contribution in [2.75, 3.05) is 24.7 Å². The molecule has 1 aromatic heterocycles. The van der Waals surface area contributed by atoms with Crippen LogP contribution in [0.3, 0.4) is 0 Å². The molecule has 3 heterocycles. The summed E-state index contributed by atoms with van der Waals surface area (Å²) in [6.07, 6.45) is 5.19. The van der Waals surface area contributed by atoms with Gasteiger partial charge in [0.15, 0.2) is 0 Å². The van der Waals surface area contributed by atoms with Gasteiger partial charge in [0.25, 0.3) is 0 Å². The van der Waals surface area contributed by atoms with Gasteiger partial charge in [-0.3, -0.25) is 14.7 Å². The Morgan fingerprint density at radius 3 is 2.44 bits per heavy atom. The minimum absolute atomic E-state index is 0.104. The van der Waals surface area contributed by atoms with Crippen LogP contribution in [0.4, 0.5) is 10.1 Å². The first-order valence-electron chi connectivity index (χ1n) is 10.8. The van der Waals surface area contributed by atoms with Gasteiger partial charge in [-0.15, -0.1) is 0 Å². The van der Waals surface area contributed by atoms with Crippen molar-refractivity contribution < 1.29 is 9.18 Å². The number of hydrogen-bond donors (Lipinski definition) is 1. The molecule has 3 aromatic rings. The molecule has 7 heteroatoms. The first kappa shape index (κ1) is 20.9. The zero-order valence-electron chi connectivity index (χ0n) is 17.6. The van der Waals surface area contributed by atoms with Crippen LogP contribution in [0, 0.1) is 5.82 Å². The third kappa shape index (κ3) is 3.96. The van der Waals surface area contributed by atoms with E-state index in [4.69, 9.17) is 11.6 Å². The number of carbonyl (C=O) groups is 1. The van der Waals surface area contributed by atoms with Gasteiger partial charge in [0.05, 0.1) is 6.67 Å². The summed E-state index contributed by atoms with van der Waals surface area (Å²) in [5, 5.41) is 3.72. The van der Waals surface area contributed by atoms with E-state index in [9.17, 15) is 9.18 Å². The first-order valence-corrected chi connectivity index (χ1v) is 11.2. The number of amides is 1. The molecule has 0 unspecified atom stereocenters. The third-order valence-electron chi connectivity index (χ3n) is 6.54. The molecule has 2 aliphatic rings. The van der Waals surface area contributed by atoms with Crippen LogP contribution in [0.2, 0.25) is 5.02 Å². The second kappa shape index (κ2) is 8.52. The number of pyridine rings is 1. The lowest BCUT2D eigenvalue weighted by Crippen LogP contribution is -2.56. The van der Waals surface area contributed by atoms with Crippen molar-refractivity contribution in [3.05, 3.63) is 83.4 Å². The minimum Gasteiger partial charge on any atom is -0.339 e. The quantitative estimate of drug-likeness (QED) is 0.637. The highest BCUT2D eigenvalue weighted by Crippen LogP contribution is 2.37. The maximum atomic E-state index is 13.2. The molecular weight excluding hydrogens is 427 g/mol. The van der Waals surface area contributed by atoms with Gasteiger partial charge in [-0.05, 0) is 66.4 Å². The number of benzene rings is 2. The molecule has 1 N–H and O–H groups in total. The fourth-order valence-corrected chi connectivity index (χ4v) is 4.89. The monoisotopic (exact) mass is 450 g/mol. The Balaban J connectivity index is 1.28. The van der Waals surface area contributed by atoms with Crippen molar-refractivity contribution in [1.29, 1.82) is 0 Å². The molecule has 164 valence electrons. The number of likely N-dealkylation sites (tertiary alicyclic amines) is 1. The van der Waals surface area contributed by atoms with E-state index in [0.717, 1.165) is 54.9 Å². The standard InChI is InChI=1S/C25H24ClFN4O/c26-21-3-7-23(8-4-21)31-17-29-24(32)25(31)9-11-30(12-10-25)16-18-13-20(15-28-14-18)19-1-5-22(27)6-2-19/h1-8,13-15H,9-12,16-17H2,(H,29,32). The summed E-state index contributed by atoms with van der Waals surface area (Å²) in [6.45, 7) is 2.92. The molecule has 2 saturated heterocycles. The maximum absolute atomic E-state index is 13.2. The highest BCUT2D eigenvalue weighted by molar-refractivity contribution is 6.30. The van der Waals surface area contributed by atoms with E-state index in [-0.39, 0.29) is 11.7 Å². The molecule has 2 fully saturated rings. The molecule has 32 heavy (non-hydrogen) atoms. The van der Waals surface area contributed by atoms with Crippen molar-refractivity contribution in [2.45, 2.75) is 24.9 Å². The first-order chi connectivity index (χ1) is 15.5. The fraction of sp³-hybridized carbons (Fsp3) is 0.280. The van der Waals surface area contributed by atoms with Gasteiger partial charge < -0.3 is 10.2 Å². The normalized spacial score (nSPS) is 18.2. The molecule has 0 radical (unpaired) electrons. The van der Waals surface area contributed by atoms with E-state index in [1.54, 1.807) is 18.3 Å². The zero-order chi connectivity index (χ0) is 22.1. The van der Waals surface area contributed by atoms with E-state index in [1.165, 1.54) is 12.1 Å². The molecule has 0 bridgehead atoms. The molecule has 5 rings (SSSR count). The Morgan fingerprint density at radius 1 is 1.00 bits per heavy atom. The summed E-state index contributed by atoms with van der Waals surface area (Å²) in [5.74, 6) is -0.143. The largest absolute Gasteiger partial charge is 0.339 e. The molecule has 1 amide bonds. The number of nitrogens with one attached hydrogen (secondary N) is 1. The van der Waals surface area contributed by atoms with Crippen molar-refractivity contribution >= 4 is 23.2 Å². The van der Waals surface area contributed by atoms with E-state index < -0.39 is 5.54 Å². The molecule has 0 atom stereocenters. The number of anilines is 1. The molecular formula is C25H24ClFN4O. The van der Waals surface area contributed by atoms with Crippen molar-refractivity contribution in [1.82, 2.24) is 15.2 Å². The van der Waals surface area contributed by atoms with Gasteiger partial charge in [-0.2, -0.15) is 0 Å². The molecule has 0 saturated carbocycles. The minimum atomic E-state index is -0.515. The van der Waals surface area contributed by atoms with Crippen LogP contribution in [0.25, 0.3) is 11.1 Å². The molecule has 2 aliphatic heterocycles. The topological polar surface area (TPSA) is 48.5 Å². The average molecular weight is 451 g/mol. The Hall–Kier alpha value is -2.96. The van der Waals surface area contributed by atoms with Gasteiger partial charge in [0, 0.05) is 48.3 Å². The highest BCUT2D eigenvalue weighted by Gasteiger charge is 2.50. The van der Waals surface area contributed by atoms with Crippen molar-refractivity contribution in [3.63, 3.8) is 0 Å². The second-order valence-electron chi connectivity index (χ2n) is 8.46. The molecule has 2 aromatic carbocycles. The van der Waals surface area contributed by atoms with Crippen LogP contribution in [0.15, 0.2) is 67.0 Å². The second-order valence-corrected chi connectivity index (χ2v) is 8.90. The molecule has 5 nitrogen and oxygen atoms in total. The van der Waals surface area contributed by atoms with Crippen LogP contribution in [0.1, 0.15) is 18.4 Å². The highest BCUT2D eigenvalue weighted by atomic mass is 35.5. The van der Waals surface area contributed by atoms with Crippen LogP contribution < -0.4 is 10.2 Å². The number of rotatable bonds is 4. The molecule has 1 spiro atoms. The summed E-state index contributed by atoms with van der Waals surface area (Å²) >= 11 is 6.05. The third-order valence-corrected chi connectivity index (χ3v) is 6.79. The van der Waals surface area contributed by atoms with E-state index in [0.29, 0.717) is 11.7 Å². The lowest BCUT2D eigenvalue weighted by Gasteiger charge is -2.43. The Kier molecular flexibility index (Phi) is 5.57. The summed E-state index contributed by atoms with van der Waals surface area (Å²) in [7, 11) is 0. The van der Waals surface area contributed by atoms with Crippen LogP contribution in [-0.4, -0.2) is 41.1 Å². The number of halogens is 2. The zero-order valence-corrected chi connectivity index (χ0v) is 18.4. The SMILES string of the molecule is O=C1NCN(c2ccc(Cl)cc2)C12CCN(Cc1cncc(-c3ccc(F)cc3)c1)CC2. The van der Waals surface area contributed by atoms with E-state index in [2.05, 4.69) is 26.2 Å². The Bertz CT molecular complexity index is 1110.